The smallest absolute Gasteiger partial charge is 0.0503 e. The number of hydrogen-bond acceptors (Lipinski definition) is 2. The zero-order valence-corrected chi connectivity index (χ0v) is 13.2. The Hall–Kier alpha value is -1.02. The van der Waals surface area contributed by atoms with E-state index in [1.54, 1.807) is 7.11 Å². The maximum absolute atomic E-state index is 5.21. The normalized spacial score (nSPS) is 22.2. The van der Waals surface area contributed by atoms with Crippen LogP contribution < -0.4 is 5.32 Å². The molecule has 1 aliphatic carbocycles. The van der Waals surface area contributed by atoms with E-state index in [1.165, 1.54) is 43.4 Å². The molecule has 20 heavy (non-hydrogen) atoms. The first-order valence-electron chi connectivity index (χ1n) is 7.94. The van der Waals surface area contributed by atoms with Crippen molar-refractivity contribution in [2.75, 3.05) is 19.0 Å². The van der Waals surface area contributed by atoms with Gasteiger partial charge in [0, 0.05) is 18.8 Å². The summed E-state index contributed by atoms with van der Waals surface area (Å²) < 4.78 is 5.21. The van der Waals surface area contributed by atoms with Crippen LogP contribution in [0.3, 0.4) is 0 Å². The Morgan fingerprint density at radius 1 is 1.20 bits per heavy atom. The predicted octanol–water partition coefficient (Wildman–Crippen LogP) is 4.65. The van der Waals surface area contributed by atoms with Crippen LogP contribution in [0.15, 0.2) is 24.3 Å². The van der Waals surface area contributed by atoms with Crippen LogP contribution in [0.1, 0.15) is 51.5 Å². The van der Waals surface area contributed by atoms with E-state index in [0.29, 0.717) is 11.5 Å². The highest BCUT2D eigenvalue weighted by Crippen LogP contribution is 2.35. The van der Waals surface area contributed by atoms with Gasteiger partial charge in [0.05, 0.1) is 6.61 Å². The molecule has 0 amide bonds. The Morgan fingerprint density at radius 3 is 2.80 bits per heavy atom. The topological polar surface area (TPSA) is 21.3 Å². The largest absolute Gasteiger partial charge is 0.384 e. The van der Waals surface area contributed by atoms with E-state index < -0.39 is 0 Å². The Balaban J connectivity index is 1.98. The zero-order chi connectivity index (χ0) is 14.4. The van der Waals surface area contributed by atoms with Crippen molar-refractivity contribution >= 4 is 5.69 Å². The SMILES string of the molecule is COCCc1ccccc1NC1CCCC(C)(C)CC1. The minimum Gasteiger partial charge on any atom is -0.384 e. The van der Waals surface area contributed by atoms with E-state index in [4.69, 9.17) is 4.74 Å². The molecule has 0 aromatic heterocycles. The second kappa shape index (κ2) is 7.12. The predicted molar refractivity (Wildman–Crippen MR) is 86.3 cm³/mol. The standard InChI is InChI=1S/C18H29NO/c1-18(2)12-6-8-16(10-13-18)19-17-9-5-4-7-15(17)11-14-20-3/h4-5,7,9,16,19H,6,8,10-14H2,1-3H3. The first-order valence-corrected chi connectivity index (χ1v) is 7.94. The van der Waals surface area contributed by atoms with Crippen molar-refractivity contribution in [3.8, 4) is 0 Å². The van der Waals surface area contributed by atoms with Crippen LogP contribution in [-0.2, 0) is 11.2 Å². The number of anilines is 1. The Bertz CT molecular complexity index is 414. The molecule has 2 heteroatoms. The highest BCUT2D eigenvalue weighted by molar-refractivity contribution is 5.51. The minimum absolute atomic E-state index is 0.520. The lowest BCUT2D eigenvalue weighted by Gasteiger charge is -2.23. The molecule has 0 bridgehead atoms. The van der Waals surface area contributed by atoms with Crippen molar-refractivity contribution in [2.45, 2.75) is 58.4 Å². The van der Waals surface area contributed by atoms with Crippen molar-refractivity contribution in [3.05, 3.63) is 29.8 Å². The van der Waals surface area contributed by atoms with Gasteiger partial charge in [-0.25, -0.2) is 0 Å². The summed E-state index contributed by atoms with van der Waals surface area (Å²) in [6, 6.07) is 9.29. The van der Waals surface area contributed by atoms with Gasteiger partial charge in [-0.3, -0.25) is 0 Å². The van der Waals surface area contributed by atoms with Gasteiger partial charge in [0.15, 0.2) is 0 Å². The Morgan fingerprint density at radius 2 is 2.00 bits per heavy atom. The number of methoxy groups -OCH3 is 1. The zero-order valence-electron chi connectivity index (χ0n) is 13.2. The van der Waals surface area contributed by atoms with Crippen LogP contribution in [0.5, 0.6) is 0 Å². The fourth-order valence-electron chi connectivity index (χ4n) is 3.12. The average molecular weight is 275 g/mol. The molecule has 1 atom stereocenters. The van der Waals surface area contributed by atoms with E-state index >= 15 is 0 Å². The van der Waals surface area contributed by atoms with Crippen molar-refractivity contribution in [3.63, 3.8) is 0 Å². The average Bonchev–Trinajstić information content (AvgIpc) is 2.59. The summed E-state index contributed by atoms with van der Waals surface area (Å²) in [5.41, 5.74) is 3.19. The third kappa shape index (κ3) is 4.52. The third-order valence-electron chi connectivity index (χ3n) is 4.53. The van der Waals surface area contributed by atoms with Crippen LogP contribution >= 0.6 is 0 Å². The van der Waals surface area contributed by atoms with E-state index in [0.717, 1.165) is 13.0 Å². The van der Waals surface area contributed by atoms with Crippen LogP contribution in [0, 0.1) is 5.41 Å². The van der Waals surface area contributed by atoms with Crippen LogP contribution in [0.2, 0.25) is 0 Å². The number of nitrogens with one attached hydrogen (secondary N) is 1. The summed E-state index contributed by atoms with van der Waals surface area (Å²) in [6.45, 7) is 5.60. The summed E-state index contributed by atoms with van der Waals surface area (Å²) in [5, 5.41) is 3.78. The maximum Gasteiger partial charge on any atom is 0.0503 e. The summed E-state index contributed by atoms with van der Waals surface area (Å²) in [4.78, 5) is 0. The fraction of sp³-hybridized carbons (Fsp3) is 0.667. The molecule has 1 unspecified atom stereocenters. The Kier molecular flexibility index (Phi) is 5.47. The second-order valence-electron chi connectivity index (χ2n) is 6.84. The molecule has 1 fully saturated rings. The van der Waals surface area contributed by atoms with E-state index in [9.17, 15) is 0 Å². The molecule has 0 heterocycles. The number of benzene rings is 1. The molecule has 1 saturated carbocycles. The van der Waals surface area contributed by atoms with Crippen molar-refractivity contribution in [1.82, 2.24) is 0 Å². The molecule has 1 aromatic rings. The van der Waals surface area contributed by atoms with E-state index in [2.05, 4.69) is 43.4 Å². The summed E-state index contributed by atoms with van der Waals surface area (Å²) >= 11 is 0. The van der Waals surface area contributed by atoms with E-state index in [1.807, 2.05) is 0 Å². The molecule has 2 rings (SSSR count). The summed E-state index contributed by atoms with van der Waals surface area (Å²) in [5.74, 6) is 0. The van der Waals surface area contributed by atoms with Crippen molar-refractivity contribution in [1.29, 1.82) is 0 Å². The molecule has 112 valence electrons. The van der Waals surface area contributed by atoms with Gasteiger partial charge < -0.3 is 10.1 Å². The molecule has 1 aromatic carbocycles. The number of ether oxygens (including phenoxy) is 1. The van der Waals surface area contributed by atoms with Gasteiger partial charge in [-0.05, 0) is 49.1 Å². The monoisotopic (exact) mass is 275 g/mol. The van der Waals surface area contributed by atoms with Crippen LogP contribution in [-0.4, -0.2) is 19.8 Å². The lowest BCUT2D eigenvalue weighted by atomic mass is 9.85. The lowest BCUT2D eigenvalue weighted by Crippen LogP contribution is -2.20. The quantitative estimate of drug-likeness (QED) is 0.790. The molecular formula is C18H29NO. The van der Waals surface area contributed by atoms with Gasteiger partial charge in [-0.15, -0.1) is 0 Å². The molecule has 0 radical (unpaired) electrons. The summed E-state index contributed by atoms with van der Waals surface area (Å²) in [7, 11) is 1.77. The molecule has 0 spiro atoms. The van der Waals surface area contributed by atoms with Gasteiger partial charge in [-0.2, -0.15) is 0 Å². The van der Waals surface area contributed by atoms with Crippen LogP contribution in [0.25, 0.3) is 0 Å². The highest BCUT2D eigenvalue weighted by atomic mass is 16.5. The molecular weight excluding hydrogens is 246 g/mol. The molecule has 1 N–H and O–H groups in total. The highest BCUT2D eigenvalue weighted by Gasteiger charge is 2.24. The van der Waals surface area contributed by atoms with Crippen molar-refractivity contribution in [2.24, 2.45) is 5.41 Å². The molecule has 1 aliphatic rings. The van der Waals surface area contributed by atoms with Crippen molar-refractivity contribution < 1.29 is 4.74 Å². The first kappa shape index (κ1) is 15.4. The summed E-state index contributed by atoms with van der Waals surface area (Å²) in [6.07, 6.45) is 7.58. The second-order valence-corrected chi connectivity index (χ2v) is 6.84. The van der Waals surface area contributed by atoms with Gasteiger partial charge in [-0.1, -0.05) is 38.5 Å². The van der Waals surface area contributed by atoms with Gasteiger partial charge >= 0.3 is 0 Å². The maximum atomic E-state index is 5.21. The lowest BCUT2D eigenvalue weighted by molar-refractivity contribution is 0.202. The minimum atomic E-state index is 0.520. The number of rotatable bonds is 5. The third-order valence-corrected chi connectivity index (χ3v) is 4.53. The number of hydrogen-bond donors (Lipinski definition) is 1. The van der Waals surface area contributed by atoms with Gasteiger partial charge in [0.1, 0.15) is 0 Å². The molecule has 2 nitrogen and oxygen atoms in total. The molecule has 0 aliphatic heterocycles. The fourth-order valence-corrected chi connectivity index (χ4v) is 3.12. The van der Waals surface area contributed by atoms with Gasteiger partial charge in [0.25, 0.3) is 0 Å². The van der Waals surface area contributed by atoms with E-state index in [-0.39, 0.29) is 0 Å². The Labute approximate surface area is 123 Å². The van der Waals surface area contributed by atoms with Crippen LogP contribution in [0.4, 0.5) is 5.69 Å². The molecule has 0 saturated heterocycles. The van der Waals surface area contributed by atoms with Gasteiger partial charge in [0.2, 0.25) is 0 Å². The number of para-hydroxylation sites is 1. The first-order chi connectivity index (χ1) is 9.61.